The predicted molar refractivity (Wildman–Crippen MR) is 96.3 cm³/mol. The number of benzene rings is 2. The predicted octanol–water partition coefficient (Wildman–Crippen LogP) is 4.28. The van der Waals surface area contributed by atoms with Gasteiger partial charge in [-0.1, -0.05) is 58.4 Å². The fraction of sp³-hybridized carbons (Fsp3) is 0.316. The zero-order valence-corrected chi connectivity index (χ0v) is 14.9. The van der Waals surface area contributed by atoms with Crippen molar-refractivity contribution in [3.8, 4) is 0 Å². The molecule has 0 bridgehead atoms. The van der Waals surface area contributed by atoms with Crippen LogP contribution in [0.5, 0.6) is 0 Å². The van der Waals surface area contributed by atoms with E-state index in [0.717, 1.165) is 16.5 Å². The summed E-state index contributed by atoms with van der Waals surface area (Å²) in [7, 11) is 0. The van der Waals surface area contributed by atoms with Crippen LogP contribution in [-0.2, 0) is 16.0 Å². The molecule has 1 N–H and O–H groups in total. The Bertz CT molecular complexity index is 599. The monoisotopic (exact) mass is 375 g/mol. The summed E-state index contributed by atoms with van der Waals surface area (Å²) in [5.74, 6) is 0.0448. The molecular formula is C19H22BrNO2. The van der Waals surface area contributed by atoms with Gasteiger partial charge in [0, 0.05) is 17.6 Å². The Morgan fingerprint density at radius 2 is 1.83 bits per heavy atom. The second-order valence-electron chi connectivity index (χ2n) is 5.43. The number of carbonyl (C=O) groups excluding carboxylic acids is 1. The van der Waals surface area contributed by atoms with Gasteiger partial charge in [-0.05, 0) is 36.6 Å². The van der Waals surface area contributed by atoms with Gasteiger partial charge in [-0.15, -0.1) is 0 Å². The Morgan fingerprint density at radius 3 is 2.52 bits per heavy atom. The zero-order valence-electron chi connectivity index (χ0n) is 13.3. The van der Waals surface area contributed by atoms with E-state index in [1.165, 1.54) is 5.56 Å². The lowest BCUT2D eigenvalue weighted by Crippen LogP contribution is -2.26. The Labute approximate surface area is 146 Å². The van der Waals surface area contributed by atoms with Crippen molar-refractivity contribution in [2.75, 3.05) is 13.2 Å². The van der Waals surface area contributed by atoms with Crippen molar-refractivity contribution in [1.29, 1.82) is 0 Å². The summed E-state index contributed by atoms with van der Waals surface area (Å²) >= 11 is 3.38. The highest BCUT2D eigenvalue weighted by molar-refractivity contribution is 9.10. The first-order valence-corrected chi connectivity index (χ1v) is 8.62. The van der Waals surface area contributed by atoms with Crippen LogP contribution in [0, 0.1) is 0 Å². The summed E-state index contributed by atoms with van der Waals surface area (Å²) < 4.78 is 6.80. The first kappa shape index (κ1) is 17.7. The van der Waals surface area contributed by atoms with Gasteiger partial charge in [-0.25, -0.2) is 0 Å². The first-order chi connectivity index (χ1) is 11.1. The molecule has 3 nitrogen and oxygen atoms in total. The Morgan fingerprint density at radius 1 is 1.13 bits per heavy atom. The molecule has 0 aromatic heterocycles. The van der Waals surface area contributed by atoms with Gasteiger partial charge in [0.05, 0.1) is 12.5 Å². The number of ether oxygens (including phenoxy) is 1. The second-order valence-corrected chi connectivity index (χ2v) is 6.35. The molecule has 2 aromatic rings. The number of amides is 1. The van der Waals surface area contributed by atoms with Crippen LogP contribution in [0.25, 0.3) is 0 Å². The fourth-order valence-corrected chi connectivity index (χ4v) is 2.49. The van der Waals surface area contributed by atoms with Crippen LogP contribution in [0.4, 0.5) is 0 Å². The van der Waals surface area contributed by atoms with E-state index in [4.69, 9.17) is 4.74 Å². The molecular weight excluding hydrogens is 354 g/mol. The third-order valence-corrected chi connectivity index (χ3v) is 4.09. The summed E-state index contributed by atoms with van der Waals surface area (Å²) in [6, 6.07) is 17.9. The highest BCUT2D eigenvalue weighted by Gasteiger charge is 2.05. The van der Waals surface area contributed by atoms with E-state index in [9.17, 15) is 4.79 Å². The molecule has 1 amide bonds. The SMILES string of the molecule is CC(OCCCNC(=O)Cc1ccc(Br)cc1)c1ccccc1. The van der Waals surface area contributed by atoms with Crippen molar-refractivity contribution < 1.29 is 9.53 Å². The van der Waals surface area contributed by atoms with Crippen LogP contribution in [0.3, 0.4) is 0 Å². The van der Waals surface area contributed by atoms with Crippen molar-refractivity contribution >= 4 is 21.8 Å². The van der Waals surface area contributed by atoms with Crippen LogP contribution in [0.15, 0.2) is 59.1 Å². The summed E-state index contributed by atoms with van der Waals surface area (Å²) in [6.07, 6.45) is 1.30. The lowest BCUT2D eigenvalue weighted by molar-refractivity contribution is -0.120. The van der Waals surface area contributed by atoms with Gasteiger partial charge in [0.1, 0.15) is 0 Å². The molecule has 1 unspecified atom stereocenters. The lowest BCUT2D eigenvalue weighted by Gasteiger charge is -2.13. The molecule has 1 atom stereocenters. The third kappa shape index (κ3) is 6.55. The third-order valence-electron chi connectivity index (χ3n) is 3.56. The number of rotatable bonds is 8. The highest BCUT2D eigenvalue weighted by Crippen LogP contribution is 2.15. The average Bonchev–Trinajstić information content (AvgIpc) is 2.57. The zero-order chi connectivity index (χ0) is 16.5. The Balaban J connectivity index is 1.60. The van der Waals surface area contributed by atoms with Gasteiger partial charge in [0.15, 0.2) is 0 Å². The summed E-state index contributed by atoms with van der Waals surface area (Å²) in [5.41, 5.74) is 2.19. The highest BCUT2D eigenvalue weighted by atomic mass is 79.9. The van der Waals surface area contributed by atoms with E-state index in [-0.39, 0.29) is 12.0 Å². The number of carbonyl (C=O) groups is 1. The van der Waals surface area contributed by atoms with Crippen LogP contribution in [0.2, 0.25) is 0 Å². The molecule has 0 fully saturated rings. The fourth-order valence-electron chi connectivity index (χ4n) is 2.23. The van der Waals surface area contributed by atoms with Crippen LogP contribution in [-0.4, -0.2) is 19.1 Å². The van der Waals surface area contributed by atoms with E-state index in [1.807, 2.05) is 49.4 Å². The van der Waals surface area contributed by atoms with Gasteiger partial charge in [-0.2, -0.15) is 0 Å². The molecule has 0 aliphatic heterocycles. The molecule has 0 aliphatic rings. The normalized spacial score (nSPS) is 11.9. The van der Waals surface area contributed by atoms with Gasteiger partial charge in [0.25, 0.3) is 0 Å². The molecule has 0 saturated carbocycles. The summed E-state index contributed by atoms with van der Waals surface area (Å²) in [4.78, 5) is 11.9. The summed E-state index contributed by atoms with van der Waals surface area (Å²) in [5, 5.41) is 2.93. The Hall–Kier alpha value is -1.65. The van der Waals surface area contributed by atoms with Crippen LogP contribution in [0.1, 0.15) is 30.6 Å². The van der Waals surface area contributed by atoms with Gasteiger partial charge >= 0.3 is 0 Å². The maximum absolute atomic E-state index is 11.9. The first-order valence-electron chi connectivity index (χ1n) is 7.83. The van der Waals surface area contributed by atoms with Crippen molar-refractivity contribution in [3.63, 3.8) is 0 Å². The minimum atomic E-state index is 0.0448. The largest absolute Gasteiger partial charge is 0.374 e. The van der Waals surface area contributed by atoms with Gasteiger partial charge < -0.3 is 10.1 Å². The molecule has 2 aromatic carbocycles. The smallest absolute Gasteiger partial charge is 0.224 e. The van der Waals surface area contributed by atoms with E-state index in [1.54, 1.807) is 0 Å². The molecule has 0 saturated heterocycles. The Kier molecular flexibility index (Phi) is 7.30. The number of hydrogen-bond donors (Lipinski definition) is 1. The minimum Gasteiger partial charge on any atom is -0.374 e. The van der Waals surface area contributed by atoms with E-state index in [2.05, 4.69) is 33.4 Å². The van der Waals surface area contributed by atoms with Gasteiger partial charge in [0.2, 0.25) is 5.91 Å². The van der Waals surface area contributed by atoms with Crippen molar-refractivity contribution in [2.24, 2.45) is 0 Å². The standard InChI is InChI=1S/C19H22BrNO2/c1-15(17-6-3-2-4-7-17)23-13-5-12-21-19(22)14-16-8-10-18(20)11-9-16/h2-4,6-11,15H,5,12-14H2,1H3,(H,21,22). The molecule has 23 heavy (non-hydrogen) atoms. The van der Waals surface area contributed by atoms with Crippen LogP contribution >= 0.6 is 15.9 Å². The molecule has 122 valence electrons. The lowest BCUT2D eigenvalue weighted by atomic mass is 10.1. The van der Waals surface area contributed by atoms with E-state index < -0.39 is 0 Å². The van der Waals surface area contributed by atoms with Gasteiger partial charge in [-0.3, -0.25) is 4.79 Å². The molecule has 4 heteroatoms. The van der Waals surface area contributed by atoms with Crippen LogP contribution < -0.4 is 5.32 Å². The topological polar surface area (TPSA) is 38.3 Å². The molecule has 0 heterocycles. The quantitative estimate of drug-likeness (QED) is 0.699. The van der Waals surface area contributed by atoms with E-state index in [0.29, 0.717) is 19.6 Å². The second kappa shape index (κ2) is 9.48. The molecule has 2 rings (SSSR count). The van der Waals surface area contributed by atoms with Crippen molar-refractivity contribution in [2.45, 2.75) is 25.9 Å². The van der Waals surface area contributed by atoms with Crippen molar-refractivity contribution in [1.82, 2.24) is 5.32 Å². The number of hydrogen-bond acceptors (Lipinski definition) is 2. The molecule has 0 aliphatic carbocycles. The van der Waals surface area contributed by atoms with Crippen molar-refractivity contribution in [3.05, 3.63) is 70.2 Å². The molecule has 0 radical (unpaired) electrons. The number of halogens is 1. The minimum absolute atomic E-state index is 0.0448. The maximum Gasteiger partial charge on any atom is 0.224 e. The molecule has 0 spiro atoms. The summed E-state index contributed by atoms with van der Waals surface area (Å²) in [6.45, 7) is 3.31. The van der Waals surface area contributed by atoms with E-state index >= 15 is 0 Å². The average molecular weight is 376 g/mol. The maximum atomic E-state index is 11.9. The number of nitrogens with one attached hydrogen (secondary N) is 1.